The van der Waals surface area contributed by atoms with E-state index in [2.05, 4.69) is 27.4 Å². The molecule has 0 spiro atoms. The number of nitrogens with one attached hydrogen (secondary N) is 2. The molecule has 150 valence electrons. The third-order valence-electron chi connectivity index (χ3n) is 4.89. The lowest BCUT2D eigenvalue weighted by molar-refractivity contribution is 0.0943. The van der Waals surface area contributed by atoms with Crippen LogP contribution >= 0.6 is 11.3 Å². The first-order valence-electron chi connectivity index (χ1n) is 9.57. The van der Waals surface area contributed by atoms with E-state index < -0.39 is 11.7 Å². The Labute approximate surface area is 168 Å². The van der Waals surface area contributed by atoms with Crippen molar-refractivity contribution in [2.75, 3.05) is 25.0 Å². The Balaban J connectivity index is 1.44. The zero-order valence-electron chi connectivity index (χ0n) is 15.9. The number of carbonyl (C=O) groups excluding carboxylic acids is 2. The van der Waals surface area contributed by atoms with E-state index in [0.717, 1.165) is 36.9 Å². The lowest BCUT2D eigenvalue weighted by Crippen LogP contribution is -2.39. The molecule has 1 saturated heterocycles. The molecule has 8 heteroatoms. The van der Waals surface area contributed by atoms with Crippen LogP contribution in [-0.2, 0) is 0 Å². The Morgan fingerprint density at radius 3 is 2.96 bits per heavy atom. The average Bonchev–Trinajstić information content (AvgIpc) is 3.15. The van der Waals surface area contributed by atoms with Gasteiger partial charge in [0.2, 0.25) is 0 Å². The first-order chi connectivity index (χ1) is 13.5. The molecule has 1 aromatic carbocycles. The second kappa shape index (κ2) is 9.75. The Bertz CT molecular complexity index is 826. The average molecular weight is 405 g/mol. The molecule has 0 saturated carbocycles. The summed E-state index contributed by atoms with van der Waals surface area (Å²) in [7, 11) is 0. The molecule has 0 unspecified atom stereocenters. The minimum absolute atomic E-state index is 0.202. The summed E-state index contributed by atoms with van der Waals surface area (Å²) in [5, 5.41) is 7.37. The van der Waals surface area contributed by atoms with Crippen molar-refractivity contribution >= 4 is 28.3 Å². The normalized spacial score (nSPS) is 17.3. The lowest BCUT2D eigenvalue weighted by atomic mass is 10.0. The molecule has 2 heterocycles. The van der Waals surface area contributed by atoms with Crippen LogP contribution in [0.4, 0.5) is 9.52 Å². The van der Waals surface area contributed by atoms with E-state index in [4.69, 9.17) is 0 Å². The summed E-state index contributed by atoms with van der Waals surface area (Å²) >= 11 is 1.16. The molecule has 28 heavy (non-hydrogen) atoms. The standard InChI is InChI=1S/C20H25FN4O2S/c1-14-6-2-3-10-25(14)11-5-9-22-19(27)17-13-28-20(23-17)24-18(26)15-7-4-8-16(21)12-15/h4,7-8,12-14H,2-3,5-6,9-11H2,1H3,(H,22,27)(H,23,24,26)/t14-/m0/s1. The van der Waals surface area contributed by atoms with Crippen LogP contribution in [0.5, 0.6) is 0 Å². The van der Waals surface area contributed by atoms with Gasteiger partial charge in [0.25, 0.3) is 11.8 Å². The van der Waals surface area contributed by atoms with Crippen molar-refractivity contribution in [3.63, 3.8) is 0 Å². The Morgan fingerprint density at radius 1 is 1.32 bits per heavy atom. The summed E-state index contributed by atoms with van der Waals surface area (Å²) in [6, 6.07) is 6.03. The lowest BCUT2D eigenvalue weighted by Gasteiger charge is -2.33. The van der Waals surface area contributed by atoms with Gasteiger partial charge in [-0.3, -0.25) is 14.9 Å². The number of hydrogen-bond donors (Lipinski definition) is 2. The van der Waals surface area contributed by atoms with E-state index in [1.165, 1.54) is 37.5 Å². The largest absolute Gasteiger partial charge is 0.351 e. The second-order valence-electron chi connectivity index (χ2n) is 6.99. The van der Waals surface area contributed by atoms with Crippen LogP contribution in [0.3, 0.4) is 0 Å². The molecule has 0 bridgehead atoms. The van der Waals surface area contributed by atoms with E-state index in [9.17, 15) is 14.0 Å². The molecule has 2 N–H and O–H groups in total. The number of piperidine rings is 1. The number of anilines is 1. The fourth-order valence-corrected chi connectivity index (χ4v) is 3.98. The van der Waals surface area contributed by atoms with Gasteiger partial charge < -0.3 is 10.2 Å². The number of likely N-dealkylation sites (tertiary alicyclic amines) is 1. The predicted octanol–water partition coefficient (Wildman–Crippen LogP) is 3.53. The number of rotatable bonds is 7. The van der Waals surface area contributed by atoms with E-state index in [1.54, 1.807) is 5.38 Å². The number of thiazole rings is 1. The van der Waals surface area contributed by atoms with E-state index in [0.29, 0.717) is 17.7 Å². The van der Waals surface area contributed by atoms with Gasteiger partial charge in [0.15, 0.2) is 5.13 Å². The maximum Gasteiger partial charge on any atom is 0.270 e. The number of carbonyl (C=O) groups is 2. The molecule has 2 amide bonds. The van der Waals surface area contributed by atoms with Crippen molar-refractivity contribution in [1.82, 2.24) is 15.2 Å². The van der Waals surface area contributed by atoms with Crippen LogP contribution in [0.15, 0.2) is 29.6 Å². The van der Waals surface area contributed by atoms with Crippen LogP contribution in [0, 0.1) is 5.82 Å². The minimum atomic E-state index is -0.481. The van der Waals surface area contributed by atoms with Gasteiger partial charge in [-0.15, -0.1) is 11.3 Å². The van der Waals surface area contributed by atoms with Gasteiger partial charge in [0.05, 0.1) is 0 Å². The summed E-state index contributed by atoms with van der Waals surface area (Å²) in [5.41, 5.74) is 0.471. The number of nitrogens with zero attached hydrogens (tertiary/aromatic N) is 2. The van der Waals surface area contributed by atoms with Crippen LogP contribution < -0.4 is 10.6 Å². The van der Waals surface area contributed by atoms with Gasteiger partial charge >= 0.3 is 0 Å². The molecule has 2 aromatic rings. The summed E-state index contributed by atoms with van der Waals surface area (Å²) in [5.74, 6) is -1.20. The topological polar surface area (TPSA) is 74.3 Å². The smallest absolute Gasteiger partial charge is 0.270 e. The fraction of sp³-hybridized carbons (Fsp3) is 0.450. The van der Waals surface area contributed by atoms with Crippen molar-refractivity contribution in [3.8, 4) is 0 Å². The summed E-state index contributed by atoms with van der Waals surface area (Å²) < 4.78 is 13.2. The first-order valence-corrected chi connectivity index (χ1v) is 10.5. The van der Waals surface area contributed by atoms with Gasteiger partial charge in [-0.1, -0.05) is 12.5 Å². The number of hydrogen-bond acceptors (Lipinski definition) is 5. The zero-order chi connectivity index (χ0) is 19.9. The Hall–Kier alpha value is -2.32. The fourth-order valence-electron chi connectivity index (χ4n) is 3.30. The molecule has 1 fully saturated rings. The molecular formula is C20H25FN4O2S. The van der Waals surface area contributed by atoms with Crippen molar-refractivity contribution < 1.29 is 14.0 Å². The van der Waals surface area contributed by atoms with Crippen LogP contribution in [0.25, 0.3) is 0 Å². The van der Waals surface area contributed by atoms with Crippen molar-refractivity contribution in [3.05, 3.63) is 46.7 Å². The molecular weight excluding hydrogens is 379 g/mol. The highest BCUT2D eigenvalue weighted by atomic mass is 32.1. The summed E-state index contributed by atoms with van der Waals surface area (Å²) in [4.78, 5) is 31.0. The number of halogens is 1. The third kappa shape index (κ3) is 5.59. The summed E-state index contributed by atoms with van der Waals surface area (Å²) in [6.07, 6.45) is 4.69. The maximum absolute atomic E-state index is 13.2. The zero-order valence-corrected chi connectivity index (χ0v) is 16.7. The molecule has 1 aliphatic rings. The van der Waals surface area contributed by atoms with Crippen molar-refractivity contribution in [1.29, 1.82) is 0 Å². The highest BCUT2D eigenvalue weighted by Gasteiger charge is 2.18. The van der Waals surface area contributed by atoms with E-state index in [-0.39, 0.29) is 17.2 Å². The Morgan fingerprint density at radius 2 is 2.18 bits per heavy atom. The highest BCUT2D eigenvalue weighted by molar-refractivity contribution is 7.14. The third-order valence-corrected chi connectivity index (χ3v) is 5.65. The van der Waals surface area contributed by atoms with Gasteiger partial charge in [-0.25, -0.2) is 9.37 Å². The molecule has 0 aliphatic carbocycles. The van der Waals surface area contributed by atoms with Gasteiger partial charge in [-0.05, 0) is 50.9 Å². The van der Waals surface area contributed by atoms with Gasteiger partial charge in [0.1, 0.15) is 11.5 Å². The second-order valence-corrected chi connectivity index (χ2v) is 7.85. The molecule has 1 aromatic heterocycles. The molecule has 1 aliphatic heterocycles. The molecule has 6 nitrogen and oxygen atoms in total. The molecule has 1 atom stereocenters. The predicted molar refractivity (Wildman–Crippen MR) is 108 cm³/mol. The number of benzene rings is 1. The number of amides is 2. The van der Waals surface area contributed by atoms with Gasteiger partial charge in [0, 0.05) is 30.1 Å². The van der Waals surface area contributed by atoms with Crippen LogP contribution in [0.2, 0.25) is 0 Å². The van der Waals surface area contributed by atoms with Crippen molar-refractivity contribution in [2.24, 2.45) is 0 Å². The highest BCUT2D eigenvalue weighted by Crippen LogP contribution is 2.18. The van der Waals surface area contributed by atoms with E-state index in [1.807, 2.05) is 0 Å². The molecule has 0 radical (unpaired) electrons. The SMILES string of the molecule is C[C@H]1CCCCN1CCCNC(=O)c1csc(NC(=O)c2cccc(F)c2)n1. The minimum Gasteiger partial charge on any atom is -0.351 e. The van der Waals surface area contributed by atoms with E-state index >= 15 is 0 Å². The van der Waals surface area contributed by atoms with Crippen LogP contribution in [-0.4, -0.2) is 47.4 Å². The quantitative estimate of drug-likeness (QED) is 0.693. The number of aromatic nitrogens is 1. The molecule has 3 rings (SSSR count). The van der Waals surface area contributed by atoms with Crippen molar-refractivity contribution in [2.45, 2.75) is 38.6 Å². The van der Waals surface area contributed by atoms with Crippen LogP contribution in [0.1, 0.15) is 53.5 Å². The first kappa shape index (κ1) is 20.4. The maximum atomic E-state index is 13.2. The van der Waals surface area contributed by atoms with Gasteiger partial charge in [-0.2, -0.15) is 0 Å². The monoisotopic (exact) mass is 404 g/mol. The summed E-state index contributed by atoms with van der Waals surface area (Å²) in [6.45, 7) is 4.96. The Kier molecular flexibility index (Phi) is 7.11.